The van der Waals surface area contributed by atoms with Crippen molar-refractivity contribution in [2.24, 2.45) is 5.73 Å². The number of carboxylic acids is 1. The van der Waals surface area contributed by atoms with Gasteiger partial charge in [-0.3, -0.25) is 14.8 Å². The minimum absolute atomic E-state index is 0.0850. The molecular weight excluding hydrogens is 330 g/mol. The zero-order valence-electron chi connectivity index (χ0n) is 12.3. The summed E-state index contributed by atoms with van der Waals surface area (Å²) in [5.41, 5.74) is 11.9. The van der Waals surface area contributed by atoms with Gasteiger partial charge < -0.3 is 16.6 Å². The van der Waals surface area contributed by atoms with Crippen molar-refractivity contribution >= 4 is 28.9 Å². The average molecular weight is 343 g/mol. The van der Waals surface area contributed by atoms with Crippen molar-refractivity contribution < 1.29 is 14.7 Å². The molecule has 0 radical (unpaired) electrons. The Bertz CT molecular complexity index is 851. The molecule has 0 unspecified atom stereocenters. The van der Waals surface area contributed by atoms with Crippen molar-refractivity contribution in [2.45, 2.75) is 0 Å². The Morgan fingerprint density at radius 2 is 1.75 bits per heavy atom. The third-order valence-electron chi connectivity index (χ3n) is 2.77. The lowest BCUT2D eigenvalue weighted by Gasteiger charge is -1.96. The van der Waals surface area contributed by atoms with E-state index in [2.05, 4.69) is 15.0 Å². The van der Waals surface area contributed by atoms with Gasteiger partial charge in [-0.15, -0.1) is 11.3 Å². The van der Waals surface area contributed by atoms with Crippen LogP contribution >= 0.6 is 11.3 Å². The number of carbonyl (C=O) groups is 2. The van der Waals surface area contributed by atoms with Gasteiger partial charge in [0.25, 0.3) is 5.91 Å². The summed E-state index contributed by atoms with van der Waals surface area (Å²) < 4.78 is 0. The minimum atomic E-state index is -0.999. The highest BCUT2D eigenvalue weighted by Gasteiger charge is 2.09. The van der Waals surface area contributed by atoms with Gasteiger partial charge in [-0.05, 0) is 18.2 Å². The van der Waals surface area contributed by atoms with Gasteiger partial charge in [0.05, 0.1) is 17.4 Å². The fraction of sp³-hybridized carbons (Fsp3) is 0. The van der Waals surface area contributed by atoms with Crippen molar-refractivity contribution in [3.8, 4) is 10.6 Å². The van der Waals surface area contributed by atoms with Gasteiger partial charge in [0.2, 0.25) is 0 Å². The van der Waals surface area contributed by atoms with Crippen LogP contribution in [-0.4, -0.2) is 31.9 Å². The normalized spacial score (nSPS) is 9.67. The second kappa shape index (κ2) is 7.79. The highest BCUT2D eigenvalue weighted by atomic mass is 32.1. The summed E-state index contributed by atoms with van der Waals surface area (Å²) in [5, 5.41) is 10.9. The molecule has 0 aromatic carbocycles. The number of nitrogens with zero attached hydrogens (tertiary/aromatic N) is 3. The molecule has 24 heavy (non-hydrogen) atoms. The Morgan fingerprint density at radius 1 is 1.08 bits per heavy atom. The fourth-order valence-electron chi connectivity index (χ4n) is 1.63. The lowest BCUT2D eigenvalue weighted by molar-refractivity contribution is 0.0691. The van der Waals surface area contributed by atoms with Gasteiger partial charge in [0.15, 0.2) is 5.69 Å². The molecule has 0 saturated heterocycles. The maximum atomic E-state index is 10.6. The van der Waals surface area contributed by atoms with Gasteiger partial charge >= 0.3 is 5.97 Å². The van der Waals surface area contributed by atoms with Crippen LogP contribution in [0.25, 0.3) is 10.6 Å². The van der Waals surface area contributed by atoms with E-state index in [-0.39, 0.29) is 5.69 Å². The van der Waals surface area contributed by atoms with Crippen molar-refractivity contribution in [1.29, 1.82) is 0 Å². The van der Waals surface area contributed by atoms with E-state index in [1.165, 1.54) is 35.2 Å². The number of hydrogen-bond donors (Lipinski definition) is 3. The highest BCUT2D eigenvalue weighted by molar-refractivity contribution is 7.13. The average Bonchev–Trinajstić information content (AvgIpc) is 3.07. The molecule has 0 atom stereocenters. The molecule has 8 nitrogen and oxygen atoms in total. The maximum Gasteiger partial charge on any atom is 0.355 e. The number of amides is 1. The molecule has 0 aliphatic heterocycles. The summed E-state index contributed by atoms with van der Waals surface area (Å²) in [5.74, 6) is -1.53. The predicted octanol–water partition coefficient (Wildman–Crippen LogP) is 1.67. The molecule has 3 aromatic heterocycles. The first-order valence-electron chi connectivity index (χ1n) is 6.57. The maximum absolute atomic E-state index is 10.6. The lowest BCUT2D eigenvalue weighted by atomic mass is 10.2. The number of rotatable bonds is 3. The van der Waals surface area contributed by atoms with Crippen molar-refractivity contribution in [2.75, 3.05) is 5.73 Å². The van der Waals surface area contributed by atoms with Crippen LogP contribution < -0.4 is 11.5 Å². The monoisotopic (exact) mass is 343 g/mol. The number of hydrogen-bond acceptors (Lipinski definition) is 7. The van der Waals surface area contributed by atoms with Gasteiger partial charge in [-0.1, -0.05) is 0 Å². The summed E-state index contributed by atoms with van der Waals surface area (Å²) in [6, 6.07) is 5.08. The van der Waals surface area contributed by atoms with Crippen LogP contribution in [-0.2, 0) is 0 Å². The van der Waals surface area contributed by atoms with Gasteiger partial charge in [-0.2, -0.15) is 0 Å². The first kappa shape index (κ1) is 17.0. The Labute approximate surface area is 140 Å². The lowest BCUT2D eigenvalue weighted by Crippen LogP contribution is -2.13. The predicted molar refractivity (Wildman–Crippen MR) is 89.5 cm³/mol. The molecular formula is C15H13N5O3S. The zero-order valence-corrected chi connectivity index (χ0v) is 13.1. The minimum Gasteiger partial charge on any atom is -0.476 e. The topological polar surface area (TPSA) is 145 Å². The molecule has 0 aliphatic rings. The SMILES string of the molecule is NC(=O)c1ccncc1N.O=C(O)c1csc(-c2ccncc2)n1. The van der Waals surface area contributed by atoms with E-state index in [0.29, 0.717) is 16.3 Å². The standard InChI is InChI=1S/C9H6N2O2S.C6H7N3O/c12-9(13)7-5-14-8(11-7)6-1-3-10-4-2-6;7-5-3-9-2-1-4(5)6(8)10/h1-5H,(H,12,13);1-3H,7H2,(H2,8,10). The summed E-state index contributed by atoms with van der Waals surface area (Å²) in [4.78, 5) is 32.7. The van der Waals surface area contributed by atoms with Gasteiger partial charge in [0.1, 0.15) is 5.01 Å². The second-order valence-electron chi connectivity index (χ2n) is 4.41. The Balaban J connectivity index is 0.000000185. The van der Waals surface area contributed by atoms with Crippen LogP contribution in [0, 0.1) is 0 Å². The van der Waals surface area contributed by atoms with Crippen LogP contribution in [0.15, 0.2) is 48.4 Å². The summed E-state index contributed by atoms with van der Waals surface area (Å²) >= 11 is 1.31. The van der Waals surface area contributed by atoms with E-state index in [0.717, 1.165) is 5.56 Å². The number of nitrogens with two attached hydrogens (primary N) is 2. The summed E-state index contributed by atoms with van der Waals surface area (Å²) in [6.45, 7) is 0. The fourth-order valence-corrected chi connectivity index (χ4v) is 2.43. The molecule has 3 aromatic rings. The van der Waals surface area contributed by atoms with Crippen LogP contribution in [0.1, 0.15) is 20.8 Å². The zero-order chi connectivity index (χ0) is 17.5. The first-order valence-corrected chi connectivity index (χ1v) is 7.45. The van der Waals surface area contributed by atoms with E-state index in [4.69, 9.17) is 16.6 Å². The molecule has 0 spiro atoms. The molecule has 1 amide bonds. The third kappa shape index (κ3) is 4.34. The third-order valence-corrected chi connectivity index (χ3v) is 3.66. The quantitative estimate of drug-likeness (QED) is 0.655. The Kier molecular flexibility index (Phi) is 5.53. The second-order valence-corrected chi connectivity index (χ2v) is 5.26. The number of carboxylic acid groups (broad SMARTS) is 1. The van der Waals surface area contributed by atoms with E-state index in [1.807, 2.05) is 0 Å². The van der Waals surface area contributed by atoms with E-state index in [1.54, 1.807) is 24.5 Å². The van der Waals surface area contributed by atoms with E-state index < -0.39 is 11.9 Å². The number of carbonyl (C=O) groups excluding carboxylic acids is 1. The van der Waals surface area contributed by atoms with Crippen molar-refractivity contribution in [3.63, 3.8) is 0 Å². The van der Waals surface area contributed by atoms with E-state index in [9.17, 15) is 9.59 Å². The summed E-state index contributed by atoms with van der Waals surface area (Å²) in [7, 11) is 0. The largest absolute Gasteiger partial charge is 0.476 e. The molecule has 0 fully saturated rings. The van der Waals surface area contributed by atoms with Crippen LogP contribution in [0.3, 0.4) is 0 Å². The molecule has 9 heteroatoms. The molecule has 0 bridgehead atoms. The molecule has 0 saturated carbocycles. The highest BCUT2D eigenvalue weighted by Crippen LogP contribution is 2.22. The molecule has 3 heterocycles. The van der Waals surface area contributed by atoms with Crippen LogP contribution in [0.4, 0.5) is 5.69 Å². The Morgan fingerprint density at radius 3 is 2.25 bits per heavy atom. The number of aromatic carboxylic acids is 1. The molecule has 3 rings (SSSR count). The Hall–Kier alpha value is -3.33. The number of primary amides is 1. The first-order chi connectivity index (χ1) is 11.5. The number of anilines is 1. The number of nitrogen functional groups attached to an aromatic ring is 1. The van der Waals surface area contributed by atoms with Crippen molar-refractivity contribution in [3.05, 3.63) is 59.6 Å². The number of aromatic nitrogens is 3. The number of thiazole rings is 1. The molecule has 5 N–H and O–H groups in total. The van der Waals surface area contributed by atoms with Crippen LogP contribution in [0.2, 0.25) is 0 Å². The summed E-state index contributed by atoms with van der Waals surface area (Å²) in [6.07, 6.45) is 6.16. The van der Waals surface area contributed by atoms with Crippen LogP contribution in [0.5, 0.6) is 0 Å². The van der Waals surface area contributed by atoms with Crippen molar-refractivity contribution in [1.82, 2.24) is 15.0 Å². The van der Waals surface area contributed by atoms with Gasteiger partial charge in [-0.25, -0.2) is 9.78 Å². The number of pyridine rings is 2. The molecule has 0 aliphatic carbocycles. The van der Waals surface area contributed by atoms with Gasteiger partial charge in [0, 0.05) is 29.5 Å². The van der Waals surface area contributed by atoms with E-state index >= 15 is 0 Å². The smallest absolute Gasteiger partial charge is 0.355 e. The molecule has 122 valence electrons.